The van der Waals surface area contributed by atoms with E-state index < -0.39 is 0 Å². The van der Waals surface area contributed by atoms with Crippen molar-refractivity contribution in [2.75, 3.05) is 13.1 Å². The summed E-state index contributed by atoms with van der Waals surface area (Å²) in [4.78, 5) is 0. The van der Waals surface area contributed by atoms with E-state index in [1.807, 2.05) is 0 Å². The molecule has 1 nitrogen and oxygen atoms in total. The van der Waals surface area contributed by atoms with E-state index in [-0.39, 0.29) is 0 Å². The van der Waals surface area contributed by atoms with E-state index >= 15 is 0 Å². The predicted molar refractivity (Wildman–Crippen MR) is 83.6 cm³/mol. The summed E-state index contributed by atoms with van der Waals surface area (Å²) in [5.41, 5.74) is 2.89. The number of benzene rings is 2. The smallest absolute Gasteiger partial charge is 0.0178 e. The molecule has 0 saturated carbocycles. The van der Waals surface area contributed by atoms with Crippen molar-refractivity contribution in [3.05, 3.63) is 70.2 Å². The molecule has 1 fully saturated rings. The third-order valence-corrected chi connectivity index (χ3v) is 4.48. The molecule has 0 amide bonds. The van der Waals surface area contributed by atoms with Gasteiger partial charge in [0.05, 0.1) is 0 Å². The maximum Gasteiger partial charge on any atom is 0.0178 e. The molecule has 2 heteroatoms. The van der Waals surface area contributed by atoms with E-state index in [1.54, 1.807) is 0 Å². The number of rotatable bonds is 2. The van der Waals surface area contributed by atoms with Gasteiger partial charge in [-0.3, -0.25) is 0 Å². The standard InChI is InChI=1S/C17H18BrN/c18-15-8-4-7-14(11-15)16-9-10-19-12-17(16)13-5-2-1-3-6-13/h1-8,11,16-17,19H,9-10,12H2/t16-,17+/m1/s1. The number of hydrogen-bond acceptors (Lipinski definition) is 1. The van der Waals surface area contributed by atoms with Crippen LogP contribution in [0.4, 0.5) is 0 Å². The Bertz CT molecular complexity index is 538. The molecule has 0 unspecified atom stereocenters. The molecule has 98 valence electrons. The molecule has 2 aromatic carbocycles. The summed E-state index contributed by atoms with van der Waals surface area (Å²) in [7, 11) is 0. The van der Waals surface area contributed by atoms with Crippen LogP contribution in [0.5, 0.6) is 0 Å². The summed E-state index contributed by atoms with van der Waals surface area (Å²) in [5.74, 6) is 1.19. The zero-order valence-corrected chi connectivity index (χ0v) is 12.4. The van der Waals surface area contributed by atoms with Gasteiger partial charge in [0.25, 0.3) is 0 Å². The Kier molecular flexibility index (Phi) is 4.00. The van der Waals surface area contributed by atoms with E-state index in [2.05, 4.69) is 75.8 Å². The third kappa shape index (κ3) is 2.90. The first-order valence-electron chi connectivity index (χ1n) is 6.86. The van der Waals surface area contributed by atoms with Gasteiger partial charge in [0.2, 0.25) is 0 Å². The molecule has 0 bridgehead atoms. The first kappa shape index (κ1) is 12.9. The normalized spacial score (nSPS) is 23.2. The number of nitrogens with one attached hydrogen (secondary N) is 1. The molecular formula is C17H18BrN. The van der Waals surface area contributed by atoms with Crippen LogP contribution in [0.2, 0.25) is 0 Å². The first-order valence-corrected chi connectivity index (χ1v) is 7.65. The molecule has 19 heavy (non-hydrogen) atoms. The van der Waals surface area contributed by atoms with E-state index in [0.717, 1.165) is 13.1 Å². The minimum absolute atomic E-state index is 0.573. The van der Waals surface area contributed by atoms with Crippen LogP contribution < -0.4 is 5.32 Å². The van der Waals surface area contributed by atoms with E-state index in [1.165, 1.54) is 22.0 Å². The lowest BCUT2D eigenvalue weighted by molar-refractivity contribution is 0.404. The second kappa shape index (κ2) is 5.89. The van der Waals surface area contributed by atoms with Gasteiger partial charge in [-0.15, -0.1) is 0 Å². The monoisotopic (exact) mass is 315 g/mol. The van der Waals surface area contributed by atoms with Crippen molar-refractivity contribution in [3.63, 3.8) is 0 Å². The maximum absolute atomic E-state index is 3.59. The first-order chi connectivity index (χ1) is 9.34. The van der Waals surface area contributed by atoms with Crippen molar-refractivity contribution in [3.8, 4) is 0 Å². The molecule has 0 aromatic heterocycles. The Balaban J connectivity index is 1.93. The van der Waals surface area contributed by atoms with Gasteiger partial charge < -0.3 is 5.32 Å². The highest BCUT2D eigenvalue weighted by Crippen LogP contribution is 2.37. The van der Waals surface area contributed by atoms with Gasteiger partial charge in [0.1, 0.15) is 0 Å². The Hall–Kier alpha value is -1.12. The summed E-state index contributed by atoms with van der Waals surface area (Å²) in [6, 6.07) is 19.7. The fourth-order valence-electron chi connectivity index (χ4n) is 3.05. The van der Waals surface area contributed by atoms with E-state index in [9.17, 15) is 0 Å². The third-order valence-electron chi connectivity index (χ3n) is 3.99. The summed E-state index contributed by atoms with van der Waals surface area (Å²) in [6.07, 6.45) is 1.20. The van der Waals surface area contributed by atoms with Crippen LogP contribution in [0, 0.1) is 0 Å². The van der Waals surface area contributed by atoms with Gasteiger partial charge in [-0.1, -0.05) is 58.4 Å². The van der Waals surface area contributed by atoms with E-state index in [4.69, 9.17) is 0 Å². The van der Waals surface area contributed by atoms with Crippen molar-refractivity contribution < 1.29 is 0 Å². The Labute approximate surface area is 123 Å². The predicted octanol–water partition coefficient (Wildman–Crippen LogP) is 4.31. The van der Waals surface area contributed by atoms with Crippen molar-refractivity contribution in [1.82, 2.24) is 5.32 Å². The Morgan fingerprint density at radius 2 is 1.68 bits per heavy atom. The minimum Gasteiger partial charge on any atom is -0.316 e. The van der Waals surface area contributed by atoms with Crippen LogP contribution in [0.3, 0.4) is 0 Å². The number of halogens is 1. The van der Waals surface area contributed by atoms with Gasteiger partial charge in [0, 0.05) is 16.9 Å². The zero-order chi connectivity index (χ0) is 13.1. The second-order valence-electron chi connectivity index (χ2n) is 5.17. The van der Waals surface area contributed by atoms with Crippen molar-refractivity contribution in [2.45, 2.75) is 18.3 Å². The second-order valence-corrected chi connectivity index (χ2v) is 6.09. The Morgan fingerprint density at radius 1 is 0.895 bits per heavy atom. The zero-order valence-electron chi connectivity index (χ0n) is 10.9. The van der Waals surface area contributed by atoms with Crippen LogP contribution >= 0.6 is 15.9 Å². The van der Waals surface area contributed by atoms with Crippen molar-refractivity contribution in [2.24, 2.45) is 0 Å². The highest BCUT2D eigenvalue weighted by atomic mass is 79.9. The van der Waals surface area contributed by atoms with Gasteiger partial charge in [-0.05, 0) is 42.1 Å². The highest BCUT2D eigenvalue weighted by molar-refractivity contribution is 9.10. The molecule has 1 saturated heterocycles. The topological polar surface area (TPSA) is 12.0 Å². The Morgan fingerprint density at radius 3 is 2.47 bits per heavy atom. The lowest BCUT2D eigenvalue weighted by atomic mass is 9.77. The molecule has 0 aliphatic carbocycles. The van der Waals surface area contributed by atoms with Gasteiger partial charge in [-0.2, -0.15) is 0 Å². The molecule has 1 N–H and O–H groups in total. The maximum atomic E-state index is 3.59. The van der Waals surface area contributed by atoms with Crippen LogP contribution in [0.25, 0.3) is 0 Å². The van der Waals surface area contributed by atoms with Crippen molar-refractivity contribution in [1.29, 1.82) is 0 Å². The van der Waals surface area contributed by atoms with Gasteiger partial charge in [-0.25, -0.2) is 0 Å². The highest BCUT2D eigenvalue weighted by Gasteiger charge is 2.27. The minimum atomic E-state index is 0.573. The van der Waals surface area contributed by atoms with Crippen LogP contribution in [-0.2, 0) is 0 Å². The fourth-order valence-corrected chi connectivity index (χ4v) is 3.46. The molecule has 1 aliphatic rings. The molecule has 2 atom stereocenters. The molecule has 0 spiro atoms. The van der Waals surface area contributed by atoms with Gasteiger partial charge in [0.15, 0.2) is 0 Å². The average Bonchev–Trinajstić information content (AvgIpc) is 2.48. The average molecular weight is 316 g/mol. The molecule has 2 aromatic rings. The lowest BCUT2D eigenvalue weighted by Crippen LogP contribution is -2.34. The van der Waals surface area contributed by atoms with Crippen LogP contribution in [0.15, 0.2) is 59.1 Å². The SMILES string of the molecule is Brc1cccc([C@H]2CCNC[C@H]2c2ccccc2)c1. The quantitative estimate of drug-likeness (QED) is 0.870. The fraction of sp³-hybridized carbons (Fsp3) is 0.294. The number of piperidine rings is 1. The number of hydrogen-bond donors (Lipinski definition) is 1. The molecule has 0 radical (unpaired) electrons. The van der Waals surface area contributed by atoms with Crippen molar-refractivity contribution >= 4 is 15.9 Å². The summed E-state index contributed by atoms with van der Waals surface area (Å²) in [5, 5.41) is 3.54. The van der Waals surface area contributed by atoms with Crippen LogP contribution in [-0.4, -0.2) is 13.1 Å². The summed E-state index contributed by atoms with van der Waals surface area (Å²) in [6.45, 7) is 2.18. The van der Waals surface area contributed by atoms with Gasteiger partial charge >= 0.3 is 0 Å². The van der Waals surface area contributed by atoms with E-state index in [0.29, 0.717) is 11.8 Å². The molecule has 3 rings (SSSR count). The summed E-state index contributed by atoms with van der Waals surface area (Å²) >= 11 is 3.59. The largest absolute Gasteiger partial charge is 0.316 e. The lowest BCUT2D eigenvalue weighted by Gasteiger charge is -2.33. The molecule has 1 heterocycles. The summed E-state index contributed by atoms with van der Waals surface area (Å²) < 4.78 is 1.18. The molecular weight excluding hydrogens is 298 g/mol. The molecule has 1 aliphatic heterocycles. The van der Waals surface area contributed by atoms with Crippen LogP contribution in [0.1, 0.15) is 29.4 Å².